The SMILES string of the molecule is Cc1nc(C2CSCCO2)nc(C)c1CCCNC1CC1. The smallest absolute Gasteiger partial charge is 0.158 e. The summed E-state index contributed by atoms with van der Waals surface area (Å²) < 4.78 is 5.79. The maximum absolute atomic E-state index is 5.79. The van der Waals surface area contributed by atoms with Crippen molar-refractivity contribution in [3.8, 4) is 0 Å². The molecule has 1 aliphatic carbocycles. The third-order valence-corrected chi connectivity index (χ3v) is 5.15. The maximum Gasteiger partial charge on any atom is 0.158 e. The summed E-state index contributed by atoms with van der Waals surface area (Å²) in [7, 11) is 0. The molecule has 4 nitrogen and oxygen atoms in total. The lowest BCUT2D eigenvalue weighted by Crippen LogP contribution is -2.20. The van der Waals surface area contributed by atoms with Crippen molar-refractivity contribution in [2.45, 2.75) is 51.7 Å². The van der Waals surface area contributed by atoms with Crippen molar-refractivity contribution in [2.24, 2.45) is 0 Å². The Bertz CT molecular complexity index is 461. The minimum atomic E-state index is 0.0757. The Kier molecular flexibility index (Phi) is 5.14. The molecule has 1 atom stereocenters. The molecule has 21 heavy (non-hydrogen) atoms. The van der Waals surface area contributed by atoms with Gasteiger partial charge in [0.1, 0.15) is 6.10 Å². The van der Waals surface area contributed by atoms with Crippen LogP contribution in [0.3, 0.4) is 0 Å². The second-order valence-electron chi connectivity index (χ2n) is 6.00. The Hall–Kier alpha value is -0.650. The molecule has 1 aromatic heterocycles. The lowest BCUT2D eigenvalue weighted by Gasteiger charge is -2.22. The summed E-state index contributed by atoms with van der Waals surface area (Å²) in [6.45, 7) is 6.13. The van der Waals surface area contributed by atoms with Crippen molar-refractivity contribution in [3.05, 3.63) is 22.8 Å². The Morgan fingerprint density at radius 3 is 2.62 bits per heavy atom. The molecular formula is C16H25N3OS. The zero-order valence-electron chi connectivity index (χ0n) is 13.0. The number of rotatable bonds is 6. The highest BCUT2D eigenvalue weighted by atomic mass is 32.2. The van der Waals surface area contributed by atoms with Crippen LogP contribution in [0.25, 0.3) is 0 Å². The fourth-order valence-electron chi connectivity index (χ4n) is 2.77. The number of hydrogen-bond acceptors (Lipinski definition) is 5. The molecule has 3 rings (SSSR count). The zero-order valence-corrected chi connectivity index (χ0v) is 13.8. The van der Waals surface area contributed by atoms with Crippen molar-refractivity contribution in [1.82, 2.24) is 15.3 Å². The molecule has 2 fully saturated rings. The number of nitrogens with one attached hydrogen (secondary N) is 1. The zero-order chi connectivity index (χ0) is 14.7. The highest BCUT2D eigenvalue weighted by Gasteiger charge is 2.22. The van der Waals surface area contributed by atoms with E-state index in [1.807, 2.05) is 11.8 Å². The number of thioether (sulfide) groups is 1. The predicted octanol–water partition coefficient (Wildman–Crippen LogP) is 2.58. The number of aromatic nitrogens is 2. The molecule has 2 heterocycles. The van der Waals surface area contributed by atoms with E-state index in [1.54, 1.807) is 0 Å². The summed E-state index contributed by atoms with van der Waals surface area (Å²) in [5.74, 6) is 2.93. The molecule has 0 radical (unpaired) electrons. The van der Waals surface area contributed by atoms with Crippen LogP contribution in [0.2, 0.25) is 0 Å². The van der Waals surface area contributed by atoms with Crippen molar-refractivity contribution < 1.29 is 4.74 Å². The third-order valence-electron chi connectivity index (χ3n) is 4.16. The summed E-state index contributed by atoms with van der Waals surface area (Å²) in [4.78, 5) is 9.43. The summed E-state index contributed by atoms with van der Waals surface area (Å²) in [5, 5.41) is 3.57. The van der Waals surface area contributed by atoms with Gasteiger partial charge in [-0.05, 0) is 51.6 Å². The number of nitrogens with zero attached hydrogens (tertiary/aromatic N) is 2. The van der Waals surface area contributed by atoms with Gasteiger partial charge >= 0.3 is 0 Å². The molecule has 5 heteroatoms. The van der Waals surface area contributed by atoms with Gasteiger partial charge in [-0.3, -0.25) is 0 Å². The van der Waals surface area contributed by atoms with Crippen LogP contribution in [-0.4, -0.2) is 40.7 Å². The molecular weight excluding hydrogens is 282 g/mol. The summed E-state index contributed by atoms with van der Waals surface area (Å²) in [5.41, 5.74) is 3.58. The van der Waals surface area contributed by atoms with Gasteiger partial charge in [-0.15, -0.1) is 0 Å². The Labute approximate surface area is 131 Å². The largest absolute Gasteiger partial charge is 0.368 e. The van der Waals surface area contributed by atoms with Gasteiger partial charge in [0, 0.05) is 28.9 Å². The first-order valence-corrected chi connectivity index (χ1v) is 9.16. The van der Waals surface area contributed by atoms with Crippen molar-refractivity contribution >= 4 is 11.8 Å². The molecule has 116 valence electrons. The number of ether oxygens (including phenoxy) is 1. The molecule has 1 aromatic rings. The second kappa shape index (κ2) is 7.07. The molecule has 1 N–H and O–H groups in total. The maximum atomic E-state index is 5.79. The van der Waals surface area contributed by atoms with Gasteiger partial charge in [0.2, 0.25) is 0 Å². The summed E-state index contributed by atoms with van der Waals surface area (Å²) in [6, 6.07) is 0.798. The van der Waals surface area contributed by atoms with E-state index < -0.39 is 0 Å². The number of hydrogen-bond donors (Lipinski definition) is 1. The van der Waals surface area contributed by atoms with E-state index >= 15 is 0 Å². The molecule has 0 spiro atoms. The van der Waals surface area contributed by atoms with E-state index in [-0.39, 0.29) is 6.10 Å². The molecule has 1 aliphatic heterocycles. The van der Waals surface area contributed by atoms with Crippen LogP contribution in [0.15, 0.2) is 0 Å². The van der Waals surface area contributed by atoms with Gasteiger partial charge in [-0.25, -0.2) is 9.97 Å². The topological polar surface area (TPSA) is 47.0 Å². The van der Waals surface area contributed by atoms with Gasteiger partial charge in [0.05, 0.1) is 6.61 Å². The number of aryl methyl sites for hydroxylation is 2. The molecule has 2 aliphatic rings. The molecule has 0 aromatic carbocycles. The van der Waals surface area contributed by atoms with E-state index in [1.165, 1.54) is 18.4 Å². The van der Waals surface area contributed by atoms with Gasteiger partial charge in [-0.2, -0.15) is 11.8 Å². The average Bonchev–Trinajstić information content (AvgIpc) is 3.30. The first kappa shape index (κ1) is 15.3. The Morgan fingerprint density at radius 1 is 1.24 bits per heavy atom. The van der Waals surface area contributed by atoms with Crippen LogP contribution in [0.4, 0.5) is 0 Å². The Balaban J connectivity index is 1.60. The van der Waals surface area contributed by atoms with Crippen LogP contribution in [0.1, 0.15) is 48.1 Å². The third kappa shape index (κ3) is 4.18. The van der Waals surface area contributed by atoms with Crippen LogP contribution >= 0.6 is 11.8 Å². The van der Waals surface area contributed by atoms with Crippen LogP contribution in [0, 0.1) is 13.8 Å². The minimum absolute atomic E-state index is 0.0757. The molecule has 1 saturated carbocycles. The summed E-state index contributed by atoms with van der Waals surface area (Å²) >= 11 is 1.93. The van der Waals surface area contributed by atoms with Crippen LogP contribution in [0.5, 0.6) is 0 Å². The van der Waals surface area contributed by atoms with Gasteiger partial charge in [0.25, 0.3) is 0 Å². The predicted molar refractivity (Wildman–Crippen MR) is 86.9 cm³/mol. The summed E-state index contributed by atoms with van der Waals surface area (Å²) in [6.07, 6.45) is 5.02. The highest BCUT2D eigenvalue weighted by Crippen LogP contribution is 2.25. The van der Waals surface area contributed by atoms with Gasteiger partial charge in [-0.1, -0.05) is 0 Å². The monoisotopic (exact) mass is 307 g/mol. The van der Waals surface area contributed by atoms with Crippen molar-refractivity contribution in [1.29, 1.82) is 0 Å². The molecule has 1 unspecified atom stereocenters. The van der Waals surface area contributed by atoms with E-state index in [9.17, 15) is 0 Å². The fourth-order valence-corrected chi connectivity index (χ4v) is 3.61. The van der Waals surface area contributed by atoms with E-state index in [4.69, 9.17) is 14.7 Å². The van der Waals surface area contributed by atoms with E-state index in [0.717, 1.165) is 60.8 Å². The van der Waals surface area contributed by atoms with Crippen LogP contribution in [-0.2, 0) is 11.2 Å². The van der Waals surface area contributed by atoms with Crippen LogP contribution < -0.4 is 5.32 Å². The van der Waals surface area contributed by atoms with Gasteiger partial charge in [0.15, 0.2) is 5.82 Å². The first-order chi connectivity index (χ1) is 10.2. The standard InChI is InChI=1S/C16H25N3OS/c1-11-14(4-3-7-17-13-5-6-13)12(2)19-16(18-11)15-10-21-9-8-20-15/h13,15,17H,3-10H2,1-2H3. The second-order valence-corrected chi connectivity index (χ2v) is 7.15. The minimum Gasteiger partial charge on any atom is -0.368 e. The highest BCUT2D eigenvalue weighted by molar-refractivity contribution is 7.99. The fraction of sp³-hybridized carbons (Fsp3) is 0.750. The van der Waals surface area contributed by atoms with Crippen molar-refractivity contribution in [2.75, 3.05) is 24.7 Å². The van der Waals surface area contributed by atoms with Gasteiger partial charge < -0.3 is 10.1 Å². The van der Waals surface area contributed by atoms with E-state index in [2.05, 4.69) is 19.2 Å². The van der Waals surface area contributed by atoms with Crippen molar-refractivity contribution in [3.63, 3.8) is 0 Å². The first-order valence-electron chi connectivity index (χ1n) is 8.01. The molecule has 0 amide bonds. The molecule has 1 saturated heterocycles. The quantitative estimate of drug-likeness (QED) is 0.819. The molecule has 0 bridgehead atoms. The van der Waals surface area contributed by atoms with E-state index in [0.29, 0.717) is 0 Å². The average molecular weight is 307 g/mol. The normalized spacial score (nSPS) is 22.5. The lowest BCUT2D eigenvalue weighted by molar-refractivity contribution is 0.0691. The Morgan fingerprint density at radius 2 is 2.00 bits per heavy atom. The lowest BCUT2D eigenvalue weighted by atomic mass is 10.1.